The Balaban J connectivity index is 1.93. The molecule has 0 N–H and O–H groups in total. The van der Waals surface area contributed by atoms with E-state index in [0.717, 1.165) is 75.7 Å². The van der Waals surface area contributed by atoms with Crippen LogP contribution in [0.3, 0.4) is 0 Å². The lowest BCUT2D eigenvalue weighted by Gasteiger charge is -2.15. The number of rotatable bonds is 18. The third-order valence-electron chi connectivity index (χ3n) is 6.84. The summed E-state index contributed by atoms with van der Waals surface area (Å²) < 4.78 is 6.44. The lowest BCUT2D eigenvalue weighted by molar-refractivity contribution is 0.459. The Hall–Kier alpha value is -2.78. The van der Waals surface area contributed by atoms with Crippen molar-refractivity contribution in [3.63, 3.8) is 0 Å². The Kier molecular flexibility index (Phi) is 14.3. The Morgan fingerprint density at radius 1 is 0.600 bits per heavy atom. The summed E-state index contributed by atoms with van der Waals surface area (Å²) in [5.74, 6) is 2.15. The number of hydrogen-bond acceptors (Lipinski definition) is 3. The van der Waals surface area contributed by atoms with Crippen molar-refractivity contribution in [1.29, 1.82) is 10.5 Å². The predicted molar refractivity (Wildman–Crippen MR) is 145 cm³/mol. The second-order valence-corrected chi connectivity index (χ2v) is 9.75. The van der Waals surface area contributed by atoms with E-state index < -0.39 is 0 Å². The van der Waals surface area contributed by atoms with Crippen molar-refractivity contribution in [2.24, 2.45) is 11.8 Å². The summed E-state index contributed by atoms with van der Waals surface area (Å²) in [5.41, 5.74) is 2.40. The fraction of sp³-hybridized carbons (Fsp3) is 0.562. The highest BCUT2D eigenvalue weighted by atomic mass is 16.5. The van der Waals surface area contributed by atoms with Crippen LogP contribution in [-0.2, 0) is 12.8 Å². The molecule has 3 heteroatoms. The molecule has 0 amide bonds. The van der Waals surface area contributed by atoms with Gasteiger partial charge in [-0.3, -0.25) is 0 Å². The van der Waals surface area contributed by atoms with E-state index in [1.807, 2.05) is 12.1 Å². The lowest BCUT2D eigenvalue weighted by Crippen LogP contribution is -2.01. The highest BCUT2D eigenvalue weighted by Crippen LogP contribution is 2.31. The minimum absolute atomic E-state index is 0.162. The van der Waals surface area contributed by atoms with E-state index in [1.165, 1.54) is 36.8 Å². The summed E-state index contributed by atoms with van der Waals surface area (Å²) in [6, 6.07) is 21.6. The summed E-state index contributed by atoms with van der Waals surface area (Å²) in [4.78, 5) is 0. The van der Waals surface area contributed by atoms with Gasteiger partial charge in [0.1, 0.15) is 11.5 Å². The van der Waals surface area contributed by atoms with E-state index in [-0.39, 0.29) is 11.8 Å². The molecule has 0 bridgehead atoms. The van der Waals surface area contributed by atoms with Gasteiger partial charge in [0.2, 0.25) is 0 Å². The second kappa shape index (κ2) is 17.6. The molecule has 2 rings (SSSR count). The van der Waals surface area contributed by atoms with E-state index in [9.17, 15) is 10.5 Å². The summed E-state index contributed by atoms with van der Waals surface area (Å²) in [6.45, 7) is 4.41. The van der Waals surface area contributed by atoms with Crippen LogP contribution in [0.2, 0.25) is 0 Å². The third-order valence-corrected chi connectivity index (χ3v) is 6.84. The summed E-state index contributed by atoms with van der Waals surface area (Å²) >= 11 is 0. The number of aryl methyl sites for hydroxylation is 2. The Morgan fingerprint density at radius 2 is 1.00 bits per heavy atom. The van der Waals surface area contributed by atoms with Crippen LogP contribution in [0.1, 0.15) is 102 Å². The maximum Gasteiger partial charge on any atom is 0.130 e. The second-order valence-electron chi connectivity index (χ2n) is 9.75. The van der Waals surface area contributed by atoms with Crippen LogP contribution in [-0.4, -0.2) is 0 Å². The molecule has 2 atom stereocenters. The molecule has 0 aliphatic heterocycles. The molecule has 0 saturated heterocycles. The topological polar surface area (TPSA) is 56.8 Å². The van der Waals surface area contributed by atoms with Crippen molar-refractivity contribution in [2.45, 2.75) is 104 Å². The van der Waals surface area contributed by atoms with Crippen LogP contribution < -0.4 is 4.74 Å². The van der Waals surface area contributed by atoms with Gasteiger partial charge in [-0.05, 0) is 74.6 Å². The van der Waals surface area contributed by atoms with Crippen LogP contribution in [0.15, 0.2) is 48.5 Å². The predicted octanol–water partition coefficient (Wildman–Crippen LogP) is 9.56. The molecule has 0 aliphatic carbocycles. The van der Waals surface area contributed by atoms with Gasteiger partial charge in [-0.25, -0.2) is 0 Å². The summed E-state index contributed by atoms with van der Waals surface area (Å²) in [5, 5.41) is 19.0. The zero-order valence-electron chi connectivity index (χ0n) is 22.0. The Bertz CT molecular complexity index is 848. The normalized spacial score (nSPS) is 12.5. The van der Waals surface area contributed by atoms with Crippen molar-refractivity contribution in [3.05, 3.63) is 59.7 Å². The highest BCUT2D eigenvalue weighted by Gasteiger charge is 2.12. The number of unbranched alkanes of at least 4 members (excludes halogenated alkanes) is 4. The molecule has 2 unspecified atom stereocenters. The molecule has 0 aromatic heterocycles. The van der Waals surface area contributed by atoms with Crippen LogP contribution in [0, 0.1) is 34.5 Å². The minimum Gasteiger partial charge on any atom is -0.457 e. The molecule has 188 valence electrons. The third kappa shape index (κ3) is 11.0. The molecule has 35 heavy (non-hydrogen) atoms. The SMILES string of the molecule is CCCCCC(C#N)CCCc1ccccc1Oc1ccccc1CCCC(C#N)CCCCC. The quantitative estimate of drug-likeness (QED) is 0.203. The standard InChI is InChI=1S/C32H44N2O/c1-3-5-7-15-27(25-33)17-13-21-29-19-9-11-23-31(29)35-32-24-12-10-20-30(32)22-14-18-28(26-34)16-8-6-4-2/h9-12,19-20,23-24,27-28H,3-8,13-18,21-22H2,1-2H3. The van der Waals surface area contributed by atoms with E-state index >= 15 is 0 Å². The van der Waals surface area contributed by atoms with Gasteiger partial charge < -0.3 is 4.74 Å². The maximum atomic E-state index is 9.48. The number of hydrogen-bond donors (Lipinski definition) is 0. The first-order chi connectivity index (χ1) is 17.2. The Morgan fingerprint density at radius 3 is 1.40 bits per heavy atom. The Labute approximate surface area is 214 Å². The molecule has 0 radical (unpaired) electrons. The zero-order chi connectivity index (χ0) is 25.1. The van der Waals surface area contributed by atoms with Gasteiger partial charge in [-0.15, -0.1) is 0 Å². The summed E-state index contributed by atoms with van der Waals surface area (Å²) in [6.07, 6.45) is 14.9. The number of para-hydroxylation sites is 2. The van der Waals surface area contributed by atoms with Crippen molar-refractivity contribution < 1.29 is 4.74 Å². The van der Waals surface area contributed by atoms with Crippen LogP contribution in [0.5, 0.6) is 11.5 Å². The first-order valence-electron chi connectivity index (χ1n) is 13.8. The lowest BCUT2D eigenvalue weighted by atomic mass is 9.95. The molecule has 0 spiro atoms. The molecule has 0 saturated carbocycles. The average Bonchev–Trinajstić information content (AvgIpc) is 2.89. The molecule has 0 fully saturated rings. The molecule has 2 aromatic rings. The molecule has 3 nitrogen and oxygen atoms in total. The monoisotopic (exact) mass is 472 g/mol. The van der Waals surface area contributed by atoms with Gasteiger partial charge in [0.15, 0.2) is 0 Å². The zero-order valence-corrected chi connectivity index (χ0v) is 22.0. The molecule has 2 aromatic carbocycles. The molecular formula is C32H44N2O. The van der Waals surface area contributed by atoms with Crippen molar-refractivity contribution >= 4 is 0 Å². The van der Waals surface area contributed by atoms with Gasteiger partial charge >= 0.3 is 0 Å². The van der Waals surface area contributed by atoms with Crippen LogP contribution in [0.4, 0.5) is 0 Å². The van der Waals surface area contributed by atoms with E-state index in [0.29, 0.717) is 0 Å². The van der Waals surface area contributed by atoms with Crippen molar-refractivity contribution in [1.82, 2.24) is 0 Å². The molecular weight excluding hydrogens is 428 g/mol. The van der Waals surface area contributed by atoms with Crippen molar-refractivity contribution in [2.75, 3.05) is 0 Å². The number of ether oxygens (including phenoxy) is 1. The van der Waals surface area contributed by atoms with E-state index in [2.05, 4.69) is 62.4 Å². The van der Waals surface area contributed by atoms with E-state index in [4.69, 9.17) is 4.74 Å². The smallest absolute Gasteiger partial charge is 0.130 e. The average molecular weight is 473 g/mol. The first kappa shape index (κ1) is 28.5. The fourth-order valence-electron chi connectivity index (χ4n) is 4.64. The highest BCUT2D eigenvalue weighted by molar-refractivity contribution is 5.41. The fourth-order valence-corrected chi connectivity index (χ4v) is 4.64. The largest absolute Gasteiger partial charge is 0.457 e. The van der Waals surface area contributed by atoms with Gasteiger partial charge in [0.25, 0.3) is 0 Å². The van der Waals surface area contributed by atoms with Crippen molar-refractivity contribution in [3.8, 4) is 23.6 Å². The number of benzene rings is 2. The van der Waals surface area contributed by atoms with Gasteiger partial charge in [-0.1, -0.05) is 88.8 Å². The van der Waals surface area contributed by atoms with Gasteiger partial charge in [0, 0.05) is 11.8 Å². The van der Waals surface area contributed by atoms with E-state index in [1.54, 1.807) is 0 Å². The van der Waals surface area contributed by atoms with Crippen LogP contribution >= 0.6 is 0 Å². The van der Waals surface area contributed by atoms with Gasteiger partial charge in [-0.2, -0.15) is 10.5 Å². The number of nitriles is 2. The number of nitrogens with zero attached hydrogens (tertiary/aromatic N) is 2. The summed E-state index contributed by atoms with van der Waals surface area (Å²) in [7, 11) is 0. The first-order valence-corrected chi connectivity index (χ1v) is 13.8. The maximum absolute atomic E-state index is 9.48. The molecule has 0 heterocycles. The van der Waals surface area contributed by atoms with Crippen LogP contribution in [0.25, 0.3) is 0 Å². The van der Waals surface area contributed by atoms with Gasteiger partial charge in [0.05, 0.1) is 12.1 Å². The molecule has 0 aliphatic rings. The minimum atomic E-state index is 0.162.